The Morgan fingerprint density at radius 3 is 2.71 bits per heavy atom. The van der Waals surface area contributed by atoms with Gasteiger partial charge in [-0.15, -0.1) is 0 Å². The molecule has 0 saturated heterocycles. The summed E-state index contributed by atoms with van der Waals surface area (Å²) < 4.78 is 15.9. The fourth-order valence-electron chi connectivity index (χ4n) is 1.94. The van der Waals surface area contributed by atoms with Crippen LogP contribution in [0.2, 0.25) is 5.02 Å². The molecule has 2 rings (SSSR count). The molecule has 0 heterocycles. The fourth-order valence-corrected chi connectivity index (χ4v) is 2.13. The Bertz CT molecular complexity index is 755. The molecule has 0 saturated carbocycles. The molecule has 0 radical (unpaired) electrons. The van der Waals surface area contributed by atoms with Gasteiger partial charge in [0.2, 0.25) is 0 Å². The van der Waals surface area contributed by atoms with Crippen molar-refractivity contribution in [2.45, 2.75) is 13.5 Å². The van der Waals surface area contributed by atoms with E-state index in [1.54, 1.807) is 19.1 Å². The predicted molar refractivity (Wildman–Crippen MR) is 89.1 cm³/mol. The van der Waals surface area contributed by atoms with Gasteiger partial charge in [0, 0.05) is 11.1 Å². The molecule has 24 heavy (non-hydrogen) atoms. The minimum absolute atomic E-state index is 0.209. The molecule has 6 heteroatoms. The molecule has 0 aromatic heterocycles. The second kappa shape index (κ2) is 8.92. The zero-order chi connectivity index (χ0) is 17.4. The number of nitrogens with zero attached hydrogens (tertiary/aromatic N) is 1. The summed E-state index contributed by atoms with van der Waals surface area (Å²) in [6.07, 6.45) is 0. The normalized spacial score (nSPS) is 10.0. The topological polar surface area (TPSA) is 68.5 Å². The van der Waals surface area contributed by atoms with Crippen LogP contribution in [0.3, 0.4) is 0 Å². The molecule has 2 aromatic carbocycles. The summed E-state index contributed by atoms with van der Waals surface area (Å²) in [5.74, 6) is 0.0333. The SMILES string of the molecule is CCOc1cc(C#N)ccc1OC(=O)COCc1ccccc1Cl. The van der Waals surface area contributed by atoms with Crippen molar-refractivity contribution in [1.82, 2.24) is 0 Å². The lowest BCUT2D eigenvalue weighted by molar-refractivity contribution is -0.140. The van der Waals surface area contributed by atoms with Crippen molar-refractivity contribution < 1.29 is 19.0 Å². The summed E-state index contributed by atoms with van der Waals surface area (Å²) in [6, 6.07) is 13.8. The van der Waals surface area contributed by atoms with E-state index in [1.807, 2.05) is 24.3 Å². The first-order valence-electron chi connectivity index (χ1n) is 7.32. The lowest BCUT2D eigenvalue weighted by atomic mass is 10.2. The summed E-state index contributed by atoms with van der Waals surface area (Å²) in [7, 11) is 0. The smallest absolute Gasteiger partial charge is 0.337 e. The fraction of sp³-hybridized carbons (Fsp3) is 0.222. The highest BCUT2D eigenvalue weighted by Gasteiger charge is 2.12. The standard InChI is InChI=1S/C18H16ClNO4/c1-2-23-17-9-13(10-20)7-8-16(17)24-18(21)12-22-11-14-5-3-4-6-15(14)19/h3-9H,2,11-12H2,1H3. The van der Waals surface area contributed by atoms with E-state index >= 15 is 0 Å². The largest absolute Gasteiger partial charge is 0.490 e. The molecule has 0 fully saturated rings. The molecule has 2 aromatic rings. The van der Waals surface area contributed by atoms with Crippen LogP contribution in [-0.4, -0.2) is 19.2 Å². The van der Waals surface area contributed by atoms with Crippen molar-refractivity contribution in [3.05, 3.63) is 58.6 Å². The van der Waals surface area contributed by atoms with Gasteiger partial charge >= 0.3 is 5.97 Å². The first-order valence-corrected chi connectivity index (χ1v) is 7.70. The van der Waals surface area contributed by atoms with Gasteiger partial charge in [-0.3, -0.25) is 0 Å². The number of hydrogen-bond donors (Lipinski definition) is 0. The number of nitriles is 1. The molecule has 5 nitrogen and oxygen atoms in total. The third-order valence-corrected chi connectivity index (χ3v) is 3.40. The van der Waals surface area contributed by atoms with Crippen molar-refractivity contribution in [2.75, 3.05) is 13.2 Å². The highest BCUT2D eigenvalue weighted by atomic mass is 35.5. The Labute approximate surface area is 145 Å². The third kappa shape index (κ3) is 4.98. The number of hydrogen-bond acceptors (Lipinski definition) is 5. The minimum Gasteiger partial charge on any atom is -0.490 e. The van der Waals surface area contributed by atoms with Crippen LogP contribution < -0.4 is 9.47 Å². The highest BCUT2D eigenvalue weighted by Crippen LogP contribution is 2.28. The van der Waals surface area contributed by atoms with Crippen LogP contribution in [0.4, 0.5) is 0 Å². The molecule has 0 N–H and O–H groups in total. The van der Waals surface area contributed by atoms with Crippen LogP contribution >= 0.6 is 11.6 Å². The van der Waals surface area contributed by atoms with Gasteiger partial charge in [0.1, 0.15) is 6.61 Å². The lowest BCUT2D eigenvalue weighted by Gasteiger charge is -2.11. The average Bonchev–Trinajstić information content (AvgIpc) is 2.58. The molecule has 0 bridgehead atoms. The average molecular weight is 346 g/mol. The van der Waals surface area contributed by atoms with Gasteiger partial charge in [-0.1, -0.05) is 29.8 Å². The van der Waals surface area contributed by atoms with E-state index in [9.17, 15) is 4.79 Å². The molecule has 0 spiro atoms. The maximum absolute atomic E-state index is 11.9. The Kier molecular flexibility index (Phi) is 6.62. The van der Waals surface area contributed by atoms with E-state index in [1.165, 1.54) is 12.1 Å². The quantitative estimate of drug-likeness (QED) is 0.565. The van der Waals surface area contributed by atoms with Gasteiger partial charge in [-0.2, -0.15) is 5.26 Å². The number of benzene rings is 2. The maximum Gasteiger partial charge on any atom is 0.337 e. The van der Waals surface area contributed by atoms with Crippen LogP contribution in [0.25, 0.3) is 0 Å². The highest BCUT2D eigenvalue weighted by molar-refractivity contribution is 6.31. The van der Waals surface area contributed by atoms with E-state index in [-0.39, 0.29) is 19.0 Å². The summed E-state index contributed by atoms with van der Waals surface area (Å²) in [4.78, 5) is 11.9. The molecule has 0 atom stereocenters. The first kappa shape index (κ1) is 17.8. The molecule has 0 amide bonds. The summed E-state index contributed by atoms with van der Waals surface area (Å²) in [6.45, 7) is 2.18. The van der Waals surface area contributed by atoms with Crippen LogP contribution in [0, 0.1) is 11.3 Å². The monoisotopic (exact) mass is 345 g/mol. The summed E-state index contributed by atoms with van der Waals surface area (Å²) in [5, 5.41) is 9.49. The van der Waals surface area contributed by atoms with Gasteiger partial charge in [0.05, 0.1) is 24.8 Å². The Morgan fingerprint density at radius 1 is 1.21 bits per heavy atom. The van der Waals surface area contributed by atoms with Crippen molar-refractivity contribution in [3.63, 3.8) is 0 Å². The molecule has 0 unspecified atom stereocenters. The molecule has 124 valence electrons. The Balaban J connectivity index is 1.92. The zero-order valence-electron chi connectivity index (χ0n) is 13.1. The zero-order valence-corrected chi connectivity index (χ0v) is 13.9. The maximum atomic E-state index is 11.9. The Hall–Kier alpha value is -2.55. The van der Waals surface area contributed by atoms with Crippen LogP contribution in [0.15, 0.2) is 42.5 Å². The minimum atomic E-state index is -0.562. The first-order chi connectivity index (χ1) is 11.6. The van der Waals surface area contributed by atoms with E-state index in [0.29, 0.717) is 22.9 Å². The number of ether oxygens (including phenoxy) is 3. The lowest BCUT2D eigenvalue weighted by Crippen LogP contribution is -2.16. The number of carbonyl (C=O) groups is 1. The molecular formula is C18H16ClNO4. The number of carbonyl (C=O) groups excluding carboxylic acids is 1. The van der Waals surface area contributed by atoms with Crippen molar-refractivity contribution in [2.24, 2.45) is 0 Å². The van der Waals surface area contributed by atoms with Gasteiger partial charge in [-0.25, -0.2) is 4.79 Å². The molecule has 0 aliphatic carbocycles. The molecule has 0 aliphatic heterocycles. The van der Waals surface area contributed by atoms with E-state index in [4.69, 9.17) is 31.1 Å². The van der Waals surface area contributed by atoms with E-state index in [0.717, 1.165) is 5.56 Å². The van der Waals surface area contributed by atoms with Crippen LogP contribution in [-0.2, 0) is 16.1 Å². The van der Waals surface area contributed by atoms with Gasteiger partial charge in [0.25, 0.3) is 0 Å². The van der Waals surface area contributed by atoms with E-state index < -0.39 is 5.97 Å². The second-order valence-electron chi connectivity index (χ2n) is 4.76. The molecular weight excluding hydrogens is 330 g/mol. The molecule has 0 aliphatic rings. The number of rotatable bonds is 7. The van der Waals surface area contributed by atoms with Gasteiger partial charge in [0.15, 0.2) is 11.5 Å². The summed E-state index contributed by atoms with van der Waals surface area (Å²) >= 11 is 6.01. The van der Waals surface area contributed by atoms with Crippen molar-refractivity contribution in [3.8, 4) is 17.6 Å². The second-order valence-corrected chi connectivity index (χ2v) is 5.17. The van der Waals surface area contributed by atoms with Crippen LogP contribution in [0.5, 0.6) is 11.5 Å². The van der Waals surface area contributed by atoms with Crippen LogP contribution in [0.1, 0.15) is 18.1 Å². The van der Waals surface area contributed by atoms with Crippen molar-refractivity contribution in [1.29, 1.82) is 5.26 Å². The van der Waals surface area contributed by atoms with E-state index in [2.05, 4.69) is 0 Å². The third-order valence-electron chi connectivity index (χ3n) is 3.03. The van der Waals surface area contributed by atoms with Gasteiger partial charge in [-0.05, 0) is 30.7 Å². The summed E-state index contributed by atoms with van der Waals surface area (Å²) in [5.41, 5.74) is 1.22. The predicted octanol–water partition coefficient (Wildman–Crippen LogP) is 3.73. The number of halogens is 1. The van der Waals surface area contributed by atoms with Crippen molar-refractivity contribution >= 4 is 17.6 Å². The number of esters is 1. The Morgan fingerprint density at radius 2 is 2.00 bits per heavy atom. The van der Waals surface area contributed by atoms with Gasteiger partial charge < -0.3 is 14.2 Å².